The highest BCUT2D eigenvalue weighted by Crippen LogP contribution is 2.36. The van der Waals surface area contributed by atoms with E-state index in [0.29, 0.717) is 0 Å². The van der Waals surface area contributed by atoms with Gasteiger partial charge in [0.2, 0.25) is 0 Å². The molecule has 128 valence electrons. The molecule has 0 saturated heterocycles. The Labute approximate surface area is 153 Å². The van der Waals surface area contributed by atoms with Gasteiger partial charge >= 0.3 is 0 Å². The molecular formula is C19H31BrOSi2. The van der Waals surface area contributed by atoms with Gasteiger partial charge in [0, 0.05) is 16.6 Å². The van der Waals surface area contributed by atoms with Gasteiger partial charge in [-0.05, 0) is 48.3 Å². The molecule has 1 aromatic carbocycles. The third-order valence-electron chi connectivity index (χ3n) is 4.28. The van der Waals surface area contributed by atoms with Gasteiger partial charge in [0.15, 0.2) is 8.32 Å². The molecule has 0 saturated carbocycles. The smallest absolute Gasteiger partial charge is 0.191 e. The molecule has 1 nitrogen and oxygen atoms in total. The van der Waals surface area contributed by atoms with Gasteiger partial charge in [0.1, 0.15) is 8.07 Å². The molecule has 0 heterocycles. The highest BCUT2D eigenvalue weighted by Gasteiger charge is 2.36. The van der Waals surface area contributed by atoms with E-state index < -0.39 is 16.4 Å². The van der Waals surface area contributed by atoms with E-state index in [1.54, 1.807) is 0 Å². The van der Waals surface area contributed by atoms with Crippen LogP contribution in [0, 0.1) is 11.5 Å². The molecule has 1 rings (SSSR count). The van der Waals surface area contributed by atoms with E-state index in [1.807, 2.05) is 0 Å². The molecule has 0 atom stereocenters. The first kappa shape index (κ1) is 20.7. The molecule has 0 radical (unpaired) electrons. The zero-order valence-electron chi connectivity index (χ0n) is 15.9. The minimum Gasteiger partial charge on any atom is -0.416 e. The van der Waals surface area contributed by atoms with Crippen LogP contribution < -0.4 is 0 Å². The zero-order valence-corrected chi connectivity index (χ0v) is 19.5. The van der Waals surface area contributed by atoms with Crippen molar-refractivity contribution in [2.75, 3.05) is 6.61 Å². The maximum atomic E-state index is 6.32. The number of benzene rings is 1. The standard InChI is InChI=1S/C19H31BrOSi2/c1-19(2,3)23(7,8)21-13-11-17-15-18(20)10-9-16(17)12-14-22(4,5)6/h9-10,15H,11,13H2,1-8H3. The van der Waals surface area contributed by atoms with E-state index in [4.69, 9.17) is 4.43 Å². The highest BCUT2D eigenvalue weighted by molar-refractivity contribution is 9.10. The molecular weight excluding hydrogens is 380 g/mol. The van der Waals surface area contributed by atoms with Gasteiger partial charge in [-0.3, -0.25) is 0 Å². The maximum absolute atomic E-state index is 6.32. The van der Waals surface area contributed by atoms with Crippen LogP contribution >= 0.6 is 15.9 Å². The predicted molar refractivity (Wildman–Crippen MR) is 111 cm³/mol. The van der Waals surface area contributed by atoms with Crippen LogP contribution in [0.4, 0.5) is 0 Å². The molecule has 0 amide bonds. The number of halogens is 1. The van der Waals surface area contributed by atoms with Crippen molar-refractivity contribution in [3.63, 3.8) is 0 Å². The minimum atomic E-state index is -1.68. The second-order valence-electron chi connectivity index (χ2n) is 8.66. The third-order valence-corrected chi connectivity index (χ3v) is 10.2. The molecule has 0 aliphatic rings. The predicted octanol–water partition coefficient (Wildman–Crippen LogP) is 6.24. The fourth-order valence-electron chi connectivity index (χ4n) is 1.78. The van der Waals surface area contributed by atoms with Crippen LogP contribution in [-0.4, -0.2) is 23.0 Å². The molecule has 4 heteroatoms. The molecule has 0 spiro atoms. The van der Waals surface area contributed by atoms with Gasteiger partial charge in [-0.25, -0.2) is 0 Å². The molecule has 23 heavy (non-hydrogen) atoms. The molecule has 0 fully saturated rings. The normalized spacial score (nSPS) is 12.7. The van der Waals surface area contributed by atoms with Crippen LogP contribution in [0.2, 0.25) is 37.8 Å². The average molecular weight is 412 g/mol. The van der Waals surface area contributed by atoms with Crippen molar-refractivity contribution >= 4 is 32.3 Å². The van der Waals surface area contributed by atoms with Crippen LogP contribution in [0.25, 0.3) is 0 Å². The fourth-order valence-corrected chi connectivity index (χ4v) is 3.74. The lowest BCUT2D eigenvalue weighted by molar-refractivity contribution is 0.292. The minimum absolute atomic E-state index is 0.255. The lowest BCUT2D eigenvalue weighted by Crippen LogP contribution is -2.41. The molecule has 1 aromatic rings. The monoisotopic (exact) mass is 410 g/mol. The summed E-state index contributed by atoms with van der Waals surface area (Å²) in [5.74, 6) is 3.40. The van der Waals surface area contributed by atoms with Gasteiger partial charge in [0.25, 0.3) is 0 Å². The van der Waals surface area contributed by atoms with Crippen molar-refractivity contribution in [2.24, 2.45) is 0 Å². The molecule has 0 N–H and O–H groups in total. The van der Waals surface area contributed by atoms with Gasteiger partial charge in [-0.1, -0.05) is 62.3 Å². The Hall–Kier alpha value is -0.346. The Balaban J connectivity index is 2.88. The first-order chi connectivity index (χ1) is 10.3. The van der Waals surface area contributed by atoms with Crippen molar-refractivity contribution in [3.8, 4) is 11.5 Å². The number of hydrogen-bond donors (Lipinski definition) is 0. The molecule has 0 aromatic heterocycles. The van der Waals surface area contributed by atoms with Crippen LogP contribution in [0.3, 0.4) is 0 Å². The Morgan fingerprint density at radius 1 is 1.09 bits per heavy atom. The Kier molecular flexibility index (Phi) is 6.92. The van der Waals surface area contributed by atoms with E-state index >= 15 is 0 Å². The summed E-state index contributed by atoms with van der Waals surface area (Å²) in [6.45, 7) is 19.1. The van der Waals surface area contributed by atoms with Crippen molar-refractivity contribution < 1.29 is 4.43 Å². The molecule has 0 bridgehead atoms. The first-order valence-electron chi connectivity index (χ1n) is 8.27. The van der Waals surface area contributed by atoms with Crippen LogP contribution in [0.1, 0.15) is 31.9 Å². The van der Waals surface area contributed by atoms with Crippen molar-refractivity contribution in [1.29, 1.82) is 0 Å². The van der Waals surface area contributed by atoms with Gasteiger partial charge in [-0.2, -0.15) is 0 Å². The lowest BCUT2D eigenvalue weighted by atomic mass is 10.1. The first-order valence-corrected chi connectivity index (χ1v) is 15.5. The fraction of sp³-hybridized carbons (Fsp3) is 0.579. The Bertz CT molecular complexity index is 599. The summed E-state index contributed by atoms with van der Waals surface area (Å²) < 4.78 is 7.43. The van der Waals surface area contributed by atoms with Gasteiger partial charge in [0.05, 0.1) is 0 Å². The number of rotatable bonds is 4. The quantitative estimate of drug-likeness (QED) is 0.421. The second kappa shape index (κ2) is 7.69. The van der Waals surface area contributed by atoms with Crippen LogP contribution in [-0.2, 0) is 10.8 Å². The third kappa shape index (κ3) is 6.97. The molecule has 0 aliphatic heterocycles. The Morgan fingerprint density at radius 2 is 1.70 bits per heavy atom. The summed E-state index contributed by atoms with van der Waals surface area (Å²) in [7, 11) is -3.04. The lowest BCUT2D eigenvalue weighted by Gasteiger charge is -2.36. The second-order valence-corrected chi connectivity index (χ2v) is 19.1. The Morgan fingerprint density at radius 3 is 2.22 bits per heavy atom. The van der Waals surface area contributed by atoms with Crippen molar-refractivity contribution in [3.05, 3.63) is 33.8 Å². The highest BCUT2D eigenvalue weighted by atomic mass is 79.9. The molecule has 0 unspecified atom stereocenters. The average Bonchev–Trinajstić information content (AvgIpc) is 2.35. The summed E-state index contributed by atoms with van der Waals surface area (Å²) in [5, 5.41) is 0.255. The maximum Gasteiger partial charge on any atom is 0.191 e. The van der Waals surface area contributed by atoms with Crippen molar-refractivity contribution in [1.82, 2.24) is 0 Å². The summed E-state index contributed by atoms with van der Waals surface area (Å²) in [5.41, 5.74) is 5.90. The summed E-state index contributed by atoms with van der Waals surface area (Å²) >= 11 is 3.58. The van der Waals surface area contributed by atoms with Gasteiger partial charge < -0.3 is 4.43 Å². The summed E-state index contributed by atoms with van der Waals surface area (Å²) in [6, 6.07) is 6.38. The zero-order chi connectivity index (χ0) is 17.9. The van der Waals surface area contributed by atoms with E-state index in [2.05, 4.69) is 99.1 Å². The van der Waals surface area contributed by atoms with Crippen LogP contribution in [0.15, 0.2) is 22.7 Å². The van der Waals surface area contributed by atoms with Crippen molar-refractivity contribution in [2.45, 2.75) is 65.0 Å². The number of hydrogen-bond acceptors (Lipinski definition) is 1. The topological polar surface area (TPSA) is 9.23 Å². The van der Waals surface area contributed by atoms with E-state index in [0.717, 1.165) is 23.1 Å². The summed E-state index contributed by atoms with van der Waals surface area (Å²) in [4.78, 5) is 0. The largest absolute Gasteiger partial charge is 0.416 e. The van der Waals surface area contributed by atoms with E-state index in [1.165, 1.54) is 5.56 Å². The van der Waals surface area contributed by atoms with E-state index in [-0.39, 0.29) is 5.04 Å². The molecule has 0 aliphatic carbocycles. The van der Waals surface area contributed by atoms with E-state index in [9.17, 15) is 0 Å². The van der Waals surface area contributed by atoms with Crippen LogP contribution in [0.5, 0.6) is 0 Å². The SMILES string of the molecule is CC(C)(C)[Si](C)(C)OCCc1cc(Br)ccc1C#C[Si](C)(C)C. The van der Waals surface area contributed by atoms with Gasteiger partial charge in [-0.15, -0.1) is 5.54 Å². The summed E-state index contributed by atoms with van der Waals surface area (Å²) in [6.07, 6.45) is 0.918.